The van der Waals surface area contributed by atoms with E-state index < -0.39 is 0 Å². The summed E-state index contributed by atoms with van der Waals surface area (Å²) < 4.78 is 5.43. The van der Waals surface area contributed by atoms with E-state index in [2.05, 4.69) is 22.5 Å². The van der Waals surface area contributed by atoms with Crippen molar-refractivity contribution in [3.8, 4) is 0 Å². The number of piperidine rings is 1. The zero-order chi connectivity index (χ0) is 18.7. The van der Waals surface area contributed by atoms with Crippen LogP contribution in [0.1, 0.15) is 70.5 Å². The number of hydrogen-bond donors (Lipinski definition) is 2. The number of hydrogen-bond acceptors (Lipinski definition) is 3. The molecule has 6 heteroatoms. The van der Waals surface area contributed by atoms with E-state index in [1.165, 1.54) is 64.5 Å². The van der Waals surface area contributed by atoms with Gasteiger partial charge in [-0.1, -0.05) is 32.6 Å². The molecule has 2 heterocycles. The second-order valence-electron chi connectivity index (χ2n) is 8.09. The molecule has 0 radical (unpaired) electrons. The summed E-state index contributed by atoms with van der Waals surface area (Å²) in [7, 11) is 0. The van der Waals surface area contributed by atoms with E-state index in [0.717, 1.165) is 43.7 Å². The second kappa shape index (κ2) is 13.5. The second-order valence-corrected chi connectivity index (χ2v) is 8.09. The Morgan fingerprint density at radius 3 is 2.64 bits per heavy atom. The Morgan fingerprint density at radius 2 is 1.96 bits per heavy atom. The fourth-order valence-electron chi connectivity index (χ4n) is 4.31. The smallest absolute Gasteiger partial charge is 0.191 e. The maximum atomic E-state index is 5.43. The van der Waals surface area contributed by atoms with E-state index >= 15 is 0 Å². The highest BCUT2D eigenvalue weighted by Crippen LogP contribution is 2.25. The molecule has 5 nitrogen and oxygen atoms in total. The molecule has 1 aliphatic heterocycles. The van der Waals surface area contributed by atoms with Gasteiger partial charge < -0.3 is 20.0 Å². The van der Waals surface area contributed by atoms with Crippen LogP contribution in [0.4, 0.5) is 0 Å². The molecule has 0 unspecified atom stereocenters. The minimum Gasteiger partial charge on any atom is -0.469 e. The summed E-state index contributed by atoms with van der Waals surface area (Å²) in [4.78, 5) is 7.53. The number of unbranched alkanes of at least 4 members (excludes halogenated alkanes) is 1. The van der Waals surface area contributed by atoms with Gasteiger partial charge >= 0.3 is 0 Å². The Balaban J connectivity index is 0.00000280. The summed E-state index contributed by atoms with van der Waals surface area (Å²) in [5.41, 5.74) is 0. The lowest BCUT2D eigenvalue weighted by Gasteiger charge is -2.39. The normalized spacial score (nSPS) is 20.0. The number of nitrogens with zero attached hydrogens (tertiary/aromatic N) is 2. The summed E-state index contributed by atoms with van der Waals surface area (Å²) in [6, 6.07) is 5.37. The van der Waals surface area contributed by atoms with Crippen molar-refractivity contribution >= 4 is 29.9 Å². The molecule has 3 rings (SSSR count). The summed E-state index contributed by atoms with van der Waals surface area (Å²) >= 11 is 0. The predicted octanol–water partition coefficient (Wildman–Crippen LogP) is 4.57. The van der Waals surface area contributed by atoms with Crippen LogP contribution < -0.4 is 10.6 Å². The largest absolute Gasteiger partial charge is 0.469 e. The van der Waals surface area contributed by atoms with Gasteiger partial charge in [-0.05, 0) is 44.2 Å². The van der Waals surface area contributed by atoms with E-state index in [4.69, 9.17) is 9.41 Å². The van der Waals surface area contributed by atoms with E-state index in [9.17, 15) is 0 Å². The quantitative estimate of drug-likeness (QED) is 0.237. The van der Waals surface area contributed by atoms with Crippen LogP contribution >= 0.6 is 24.0 Å². The third-order valence-electron chi connectivity index (χ3n) is 5.99. The van der Waals surface area contributed by atoms with Gasteiger partial charge in [0.2, 0.25) is 0 Å². The first-order chi connectivity index (χ1) is 13.3. The molecule has 1 aromatic heterocycles. The number of furan rings is 1. The minimum atomic E-state index is 0. The highest BCUT2D eigenvalue weighted by atomic mass is 127. The molecular weight excluding hydrogens is 463 g/mol. The number of rotatable bonds is 8. The van der Waals surface area contributed by atoms with Gasteiger partial charge in [0, 0.05) is 44.7 Å². The van der Waals surface area contributed by atoms with E-state index in [0.29, 0.717) is 6.04 Å². The number of guanidine groups is 1. The maximum absolute atomic E-state index is 5.43. The Labute approximate surface area is 188 Å². The fraction of sp³-hybridized carbons (Fsp3) is 0.773. The summed E-state index contributed by atoms with van der Waals surface area (Å²) in [5, 5.41) is 7.20. The molecule has 2 aliphatic rings. The monoisotopic (exact) mass is 502 g/mol. The molecule has 0 aromatic carbocycles. The molecule has 1 aromatic rings. The lowest BCUT2D eigenvalue weighted by molar-refractivity contribution is 0.119. The summed E-state index contributed by atoms with van der Waals surface area (Å²) in [6.45, 7) is 6.43. The highest BCUT2D eigenvalue weighted by Gasteiger charge is 2.26. The molecule has 2 N–H and O–H groups in total. The van der Waals surface area contributed by atoms with Crippen LogP contribution in [0, 0.1) is 0 Å². The van der Waals surface area contributed by atoms with Crippen LogP contribution in [0.2, 0.25) is 0 Å². The van der Waals surface area contributed by atoms with Crippen LogP contribution in [-0.2, 0) is 6.42 Å². The first-order valence-corrected chi connectivity index (χ1v) is 11.2. The fourth-order valence-corrected chi connectivity index (χ4v) is 4.31. The number of halogens is 1. The van der Waals surface area contributed by atoms with E-state index in [-0.39, 0.29) is 24.0 Å². The van der Waals surface area contributed by atoms with Crippen molar-refractivity contribution in [3.05, 3.63) is 24.2 Å². The van der Waals surface area contributed by atoms with Crippen molar-refractivity contribution in [3.63, 3.8) is 0 Å². The standard InChI is InChI=1S/C22H38N4O.HI/c1-2-3-14-23-22(24-15-11-21-10-7-18-27-21)25-19-12-16-26(17-13-19)20-8-5-4-6-9-20;/h7,10,18-20H,2-6,8-9,11-17H2,1H3,(H2,23,24,25);1H. The molecule has 1 aliphatic carbocycles. The topological polar surface area (TPSA) is 52.8 Å². The van der Waals surface area contributed by atoms with Crippen molar-refractivity contribution in [2.75, 3.05) is 26.2 Å². The summed E-state index contributed by atoms with van der Waals surface area (Å²) in [6.07, 6.45) is 14.5. The van der Waals surface area contributed by atoms with Gasteiger partial charge in [0.1, 0.15) is 5.76 Å². The van der Waals surface area contributed by atoms with Crippen molar-refractivity contribution in [2.45, 2.75) is 83.2 Å². The Kier molecular flexibility index (Phi) is 11.3. The SMILES string of the molecule is CCCCN=C(NCCc1ccco1)NC1CCN(C2CCCCC2)CC1.I. The van der Waals surface area contributed by atoms with E-state index in [1.54, 1.807) is 6.26 Å². The molecular formula is C22H39IN4O. The average Bonchev–Trinajstić information content (AvgIpc) is 3.23. The number of likely N-dealkylation sites (tertiary alicyclic amines) is 1. The third kappa shape index (κ3) is 7.93. The van der Waals surface area contributed by atoms with Crippen molar-refractivity contribution in [2.24, 2.45) is 4.99 Å². The molecule has 28 heavy (non-hydrogen) atoms. The molecule has 1 saturated heterocycles. The molecule has 0 bridgehead atoms. The van der Waals surface area contributed by atoms with Gasteiger partial charge in [-0.25, -0.2) is 0 Å². The molecule has 0 atom stereocenters. The molecule has 1 saturated carbocycles. The lowest BCUT2D eigenvalue weighted by atomic mass is 9.92. The van der Waals surface area contributed by atoms with Gasteiger partial charge in [-0.3, -0.25) is 4.99 Å². The number of aliphatic imine (C=N–C) groups is 1. The van der Waals surface area contributed by atoms with Gasteiger partial charge in [0.25, 0.3) is 0 Å². The Hall–Kier alpha value is -0.760. The molecule has 0 spiro atoms. The van der Waals surface area contributed by atoms with E-state index in [1.807, 2.05) is 12.1 Å². The predicted molar refractivity (Wildman–Crippen MR) is 128 cm³/mol. The van der Waals surface area contributed by atoms with Crippen molar-refractivity contribution in [1.29, 1.82) is 0 Å². The Morgan fingerprint density at radius 1 is 1.18 bits per heavy atom. The average molecular weight is 502 g/mol. The molecule has 160 valence electrons. The molecule has 2 fully saturated rings. The minimum absolute atomic E-state index is 0. The van der Waals surface area contributed by atoms with Crippen LogP contribution in [-0.4, -0.2) is 49.1 Å². The highest BCUT2D eigenvalue weighted by molar-refractivity contribution is 14.0. The van der Waals surface area contributed by atoms with Crippen LogP contribution in [0.3, 0.4) is 0 Å². The van der Waals surface area contributed by atoms with Crippen LogP contribution in [0.25, 0.3) is 0 Å². The molecule has 0 amide bonds. The van der Waals surface area contributed by atoms with Gasteiger partial charge in [0.15, 0.2) is 5.96 Å². The van der Waals surface area contributed by atoms with Crippen molar-refractivity contribution < 1.29 is 4.42 Å². The Bertz CT molecular complexity index is 535. The van der Waals surface area contributed by atoms with Crippen LogP contribution in [0.5, 0.6) is 0 Å². The van der Waals surface area contributed by atoms with Gasteiger partial charge in [-0.2, -0.15) is 0 Å². The van der Waals surface area contributed by atoms with Crippen LogP contribution in [0.15, 0.2) is 27.8 Å². The van der Waals surface area contributed by atoms with Crippen molar-refractivity contribution in [1.82, 2.24) is 15.5 Å². The summed E-state index contributed by atoms with van der Waals surface area (Å²) in [5.74, 6) is 2.00. The first kappa shape index (κ1) is 23.5. The number of nitrogens with one attached hydrogen (secondary N) is 2. The van der Waals surface area contributed by atoms with Gasteiger partial charge in [0.05, 0.1) is 6.26 Å². The zero-order valence-corrected chi connectivity index (χ0v) is 19.8. The lowest BCUT2D eigenvalue weighted by Crippen LogP contribution is -2.51. The zero-order valence-electron chi connectivity index (χ0n) is 17.5. The third-order valence-corrected chi connectivity index (χ3v) is 5.99. The first-order valence-electron chi connectivity index (χ1n) is 11.2. The van der Waals surface area contributed by atoms with Gasteiger partial charge in [-0.15, -0.1) is 24.0 Å². The maximum Gasteiger partial charge on any atom is 0.191 e.